The van der Waals surface area contributed by atoms with E-state index in [0.717, 1.165) is 5.56 Å². The van der Waals surface area contributed by atoms with Gasteiger partial charge >= 0.3 is 18.0 Å². The van der Waals surface area contributed by atoms with Crippen molar-refractivity contribution in [2.24, 2.45) is 17.8 Å². The summed E-state index contributed by atoms with van der Waals surface area (Å²) in [7, 11) is 0. The Morgan fingerprint density at radius 3 is 2.21 bits per heavy atom. The summed E-state index contributed by atoms with van der Waals surface area (Å²) in [5.74, 6) is -3.07. The number of aryl methyl sites for hydroxylation is 1. The van der Waals surface area contributed by atoms with E-state index in [1.165, 1.54) is 0 Å². The average Bonchev–Trinajstić information content (AvgIpc) is 3.41. The minimum atomic E-state index is -1.52. The van der Waals surface area contributed by atoms with Gasteiger partial charge in [0, 0.05) is 23.9 Å². The molecule has 0 heterocycles. The van der Waals surface area contributed by atoms with Gasteiger partial charge < -0.3 is 24.8 Å². The molecule has 0 aliphatic heterocycles. The van der Waals surface area contributed by atoms with E-state index < -0.39 is 47.0 Å². The number of alkyl carbamates (subject to hydrolysis) is 1. The van der Waals surface area contributed by atoms with Crippen molar-refractivity contribution in [1.29, 1.82) is 0 Å². The van der Waals surface area contributed by atoms with Crippen molar-refractivity contribution in [3.05, 3.63) is 35.4 Å². The van der Waals surface area contributed by atoms with E-state index in [4.69, 9.17) is 14.2 Å². The van der Waals surface area contributed by atoms with Crippen LogP contribution in [0.5, 0.6) is 0 Å². The fourth-order valence-electron chi connectivity index (χ4n) is 4.89. The Morgan fingerprint density at radius 2 is 1.65 bits per heavy atom. The van der Waals surface area contributed by atoms with Gasteiger partial charge in [0.2, 0.25) is 0 Å². The minimum absolute atomic E-state index is 0.0773. The first kappa shape index (κ1) is 25.5. The second-order valence-electron chi connectivity index (χ2n) is 9.85. The van der Waals surface area contributed by atoms with Crippen molar-refractivity contribution in [3.63, 3.8) is 0 Å². The van der Waals surface area contributed by atoms with Gasteiger partial charge in [-0.15, -0.1) is 0 Å². The molecule has 0 saturated heterocycles. The molecule has 2 saturated carbocycles. The lowest BCUT2D eigenvalue weighted by atomic mass is 9.88. The lowest BCUT2D eigenvalue weighted by Crippen LogP contribution is -2.59. The van der Waals surface area contributed by atoms with Gasteiger partial charge in [0.15, 0.2) is 0 Å². The van der Waals surface area contributed by atoms with Crippen molar-refractivity contribution >= 4 is 23.9 Å². The van der Waals surface area contributed by atoms with Crippen LogP contribution >= 0.6 is 0 Å². The number of nitrogens with one attached hydrogen (secondary N) is 2. The zero-order chi connectivity index (χ0) is 25.3. The van der Waals surface area contributed by atoms with Crippen LogP contribution in [-0.2, 0) is 23.8 Å². The molecule has 5 atom stereocenters. The standard InChI is InChI=1S/C25H34N2O7/c1-7-32-21(29)18-17-16(26-20(28)15-11-9-14(3)10-12-15)13-25(19(17)18,22(30)33-8-2)27-23(31)34-24(4,5)6/h9-12,16-19H,7-8,13H2,1-6H3,(H,26,28)(H,27,31)/t16?,17?,18-,19?,25?/m0/s1. The largest absolute Gasteiger partial charge is 0.466 e. The topological polar surface area (TPSA) is 120 Å². The lowest BCUT2D eigenvalue weighted by Gasteiger charge is -2.33. The first-order valence-corrected chi connectivity index (χ1v) is 11.7. The number of esters is 2. The molecule has 0 bridgehead atoms. The summed E-state index contributed by atoms with van der Waals surface area (Å²) < 4.78 is 15.9. The van der Waals surface area contributed by atoms with Gasteiger partial charge in [-0.1, -0.05) is 17.7 Å². The first-order valence-electron chi connectivity index (χ1n) is 11.7. The van der Waals surface area contributed by atoms with Crippen LogP contribution in [0.4, 0.5) is 4.79 Å². The summed E-state index contributed by atoms with van der Waals surface area (Å²) in [6.07, 6.45) is -0.715. The van der Waals surface area contributed by atoms with Gasteiger partial charge in [0.1, 0.15) is 11.1 Å². The van der Waals surface area contributed by atoms with Gasteiger partial charge in [-0.25, -0.2) is 9.59 Å². The highest BCUT2D eigenvalue weighted by Crippen LogP contribution is 2.63. The van der Waals surface area contributed by atoms with Crippen LogP contribution in [0.2, 0.25) is 0 Å². The molecule has 0 aromatic heterocycles. The molecule has 9 nitrogen and oxygen atoms in total. The quantitative estimate of drug-likeness (QED) is 0.461. The van der Waals surface area contributed by atoms with Gasteiger partial charge in [-0.3, -0.25) is 9.59 Å². The molecule has 1 aromatic carbocycles. The number of ether oxygens (including phenoxy) is 3. The summed E-state index contributed by atoms with van der Waals surface area (Å²) in [5, 5.41) is 5.67. The smallest absolute Gasteiger partial charge is 0.408 e. The highest BCUT2D eigenvalue weighted by Gasteiger charge is 2.76. The predicted molar refractivity (Wildman–Crippen MR) is 123 cm³/mol. The molecule has 2 aliphatic rings. The second-order valence-corrected chi connectivity index (χ2v) is 9.85. The molecular formula is C25H34N2O7. The monoisotopic (exact) mass is 474 g/mol. The molecule has 4 unspecified atom stereocenters. The van der Waals surface area contributed by atoms with Crippen LogP contribution in [0.3, 0.4) is 0 Å². The molecule has 34 heavy (non-hydrogen) atoms. The highest BCUT2D eigenvalue weighted by atomic mass is 16.6. The number of hydrogen-bond donors (Lipinski definition) is 2. The molecule has 2 amide bonds. The van der Waals surface area contributed by atoms with Crippen molar-refractivity contribution in [1.82, 2.24) is 10.6 Å². The zero-order valence-corrected chi connectivity index (χ0v) is 20.6. The summed E-state index contributed by atoms with van der Waals surface area (Å²) >= 11 is 0. The maximum absolute atomic E-state index is 13.2. The third kappa shape index (κ3) is 5.18. The first-order chi connectivity index (χ1) is 15.9. The highest BCUT2D eigenvalue weighted by molar-refractivity contribution is 5.95. The van der Waals surface area contributed by atoms with Gasteiger partial charge in [0.05, 0.1) is 19.1 Å². The third-order valence-electron chi connectivity index (χ3n) is 6.20. The van der Waals surface area contributed by atoms with Crippen LogP contribution in [0.25, 0.3) is 0 Å². The third-order valence-corrected chi connectivity index (χ3v) is 6.20. The molecule has 186 valence electrons. The Labute approximate surface area is 199 Å². The fourth-order valence-corrected chi connectivity index (χ4v) is 4.89. The number of fused-ring (bicyclic) bond motifs is 1. The summed E-state index contributed by atoms with van der Waals surface area (Å²) in [6, 6.07) is 6.54. The van der Waals surface area contributed by atoms with Crippen molar-refractivity contribution in [3.8, 4) is 0 Å². The summed E-state index contributed by atoms with van der Waals surface area (Å²) in [5.41, 5.74) is -0.832. The van der Waals surface area contributed by atoms with Gasteiger partial charge in [0.25, 0.3) is 5.91 Å². The number of carbonyl (C=O) groups is 4. The van der Waals surface area contributed by atoms with Gasteiger partial charge in [-0.2, -0.15) is 0 Å². The lowest BCUT2D eigenvalue weighted by molar-refractivity contribution is -0.153. The molecule has 9 heteroatoms. The Kier molecular flexibility index (Phi) is 7.24. The fraction of sp³-hybridized carbons (Fsp3) is 0.600. The number of rotatable bonds is 7. The van der Waals surface area contributed by atoms with Crippen LogP contribution in [-0.4, -0.2) is 54.3 Å². The molecule has 1 aromatic rings. The van der Waals surface area contributed by atoms with Gasteiger partial charge in [-0.05, 0) is 59.6 Å². The Hall–Kier alpha value is -3.10. The number of amides is 2. The van der Waals surface area contributed by atoms with Crippen LogP contribution < -0.4 is 10.6 Å². The summed E-state index contributed by atoms with van der Waals surface area (Å²) in [6.45, 7) is 10.7. The van der Waals surface area contributed by atoms with Crippen molar-refractivity contribution < 1.29 is 33.4 Å². The molecule has 3 rings (SSSR count). The predicted octanol–water partition coefficient (Wildman–Crippen LogP) is 2.75. The molecular weight excluding hydrogens is 440 g/mol. The number of benzene rings is 1. The molecule has 2 N–H and O–H groups in total. The zero-order valence-electron chi connectivity index (χ0n) is 20.6. The van der Waals surface area contributed by atoms with E-state index >= 15 is 0 Å². The molecule has 0 radical (unpaired) electrons. The molecule has 0 spiro atoms. The minimum Gasteiger partial charge on any atom is -0.466 e. The van der Waals surface area contributed by atoms with E-state index in [1.54, 1.807) is 46.8 Å². The van der Waals surface area contributed by atoms with E-state index in [1.807, 2.05) is 19.1 Å². The number of carbonyl (C=O) groups excluding carboxylic acids is 4. The van der Waals surface area contributed by atoms with Crippen molar-refractivity contribution in [2.75, 3.05) is 13.2 Å². The van der Waals surface area contributed by atoms with Crippen LogP contribution in [0.15, 0.2) is 24.3 Å². The maximum Gasteiger partial charge on any atom is 0.408 e. The Bertz CT molecular complexity index is 953. The second kappa shape index (κ2) is 9.64. The average molecular weight is 475 g/mol. The summed E-state index contributed by atoms with van der Waals surface area (Å²) in [4.78, 5) is 51.6. The molecule has 2 fully saturated rings. The maximum atomic E-state index is 13.2. The molecule has 2 aliphatic carbocycles. The van der Waals surface area contributed by atoms with Crippen LogP contribution in [0, 0.1) is 24.7 Å². The van der Waals surface area contributed by atoms with Crippen LogP contribution in [0.1, 0.15) is 57.0 Å². The van der Waals surface area contributed by atoms with E-state index in [9.17, 15) is 19.2 Å². The normalized spacial score (nSPS) is 27.2. The Morgan fingerprint density at radius 1 is 1.03 bits per heavy atom. The Balaban J connectivity index is 1.92. The van der Waals surface area contributed by atoms with E-state index in [-0.39, 0.29) is 31.5 Å². The van der Waals surface area contributed by atoms with E-state index in [2.05, 4.69) is 10.6 Å². The van der Waals surface area contributed by atoms with Crippen molar-refractivity contribution in [2.45, 2.75) is 65.1 Å². The van der Waals surface area contributed by atoms with E-state index in [0.29, 0.717) is 5.56 Å². The SMILES string of the molecule is CCOC(=O)[C@H]1C2C(NC(=O)c3ccc(C)cc3)CC(NC(=O)OC(C)(C)C)(C(=O)OCC)C21. The number of hydrogen-bond acceptors (Lipinski definition) is 7.